The van der Waals surface area contributed by atoms with E-state index in [0.29, 0.717) is 43.2 Å². The summed E-state index contributed by atoms with van der Waals surface area (Å²) in [6.45, 7) is 1.93. The average Bonchev–Trinajstić information content (AvgIpc) is 2.88. The Morgan fingerprint density at radius 2 is 1.55 bits per heavy atom. The van der Waals surface area contributed by atoms with Gasteiger partial charge in [0.25, 0.3) is 5.91 Å². The SMILES string of the molecule is COc1cccc(NC(=O)N2CCN(C(=O)c3ccc(N(C)c4ccncc4)cc3)CC2)c1. The first-order valence-corrected chi connectivity index (χ1v) is 10.8. The van der Waals surface area contributed by atoms with Crippen LogP contribution < -0.4 is 15.0 Å². The lowest BCUT2D eigenvalue weighted by atomic mass is 10.1. The summed E-state index contributed by atoms with van der Waals surface area (Å²) in [5.74, 6) is 0.655. The number of nitrogens with one attached hydrogen (secondary N) is 1. The maximum absolute atomic E-state index is 13.0. The van der Waals surface area contributed by atoms with Crippen LogP contribution in [0.3, 0.4) is 0 Å². The summed E-state index contributed by atoms with van der Waals surface area (Å²) in [5, 5.41) is 2.89. The maximum Gasteiger partial charge on any atom is 0.321 e. The number of methoxy groups -OCH3 is 1. The molecule has 3 aromatic rings. The van der Waals surface area contributed by atoms with E-state index in [1.54, 1.807) is 35.4 Å². The van der Waals surface area contributed by atoms with Gasteiger partial charge in [-0.3, -0.25) is 9.78 Å². The van der Waals surface area contributed by atoms with Gasteiger partial charge in [0.05, 0.1) is 7.11 Å². The molecule has 8 nitrogen and oxygen atoms in total. The van der Waals surface area contributed by atoms with Crippen LogP contribution in [0.5, 0.6) is 5.75 Å². The molecular weight excluding hydrogens is 418 g/mol. The number of hydrogen-bond donors (Lipinski definition) is 1. The monoisotopic (exact) mass is 445 g/mol. The zero-order valence-electron chi connectivity index (χ0n) is 18.8. The van der Waals surface area contributed by atoms with E-state index in [-0.39, 0.29) is 11.9 Å². The molecule has 0 atom stereocenters. The van der Waals surface area contributed by atoms with Crippen LogP contribution in [0.15, 0.2) is 73.1 Å². The number of anilines is 3. The smallest absolute Gasteiger partial charge is 0.321 e. The molecule has 0 radical (unpaired) electrons. The van der Waals surface area contributed by atoms with E-state index in [1.165, 1.54) is 0 Å². The molecule has 0 bridgehead atoms. The highest BCUT2D eigenvalue weighted by atomic mass is 16.5. The number of carbonyl (C=O) groups is 2. The number of amides is 3. The van der Waals surface area contributed by atoms with E-state index in [4.69, 9.17) is 4.74 Å². The summed E-state index contributed by atoms with van der Waals surface area (Å²) < 4.78 is 5.19. The third kappa shape index (κ3) is 5.23. The minimum atomic E-state index is -0.182. The minimum Gasteiger partial charge on any atom is -0.497 e. The quantitative estimate of drug-likeness (QED) is 0.646. The molecule has 1 aliphatic rings. The number of pyridine rings is 1. The second kappa shape index (κ2) is 10.0. The normalized spacial score (nSPS) is 13.4. The molecule has 1 aliphatic heterocycles. The summed E-state index contributed by atoms with van der Waals surface area (Å²) >= 11 is 0. The zero-order chi connectivity index (χ0) is 23.2. The number of rotatable bonds is 5. The van der Waals surface area contributed by atoms with Gasteiger partial charge in [-0.15, -0.1) is 0 Å². The van der Waals surface area contributed by atoms with Crippen molar-refractivity contribution in [3.63, 3.8) is 0 Å². The molecule has 1 saturated heterocycles. The summed E-state index contributed by atoms with van der Waals surface area (Å²) in [4.78, 5) is 35.1. The largest absolute Gasteiger partial charge is 0.497 e. The highest BCUT2D eigenvalue weighted by Crippen LogP contribution is 2.23. The fraction of sp³-hybridized carbons (Fsp3) is 0.240. The Balaban J connectivity index is 1.32. The van der Waals surface area contributed by atoms with Crippen LogP contribution in [-0.2, 0) is 0 Å². The fourth-order valence-electron chi connectivity index (χ4n) is 3.74. The van der Waals surface area contributed by atoms with E-state index in [9.17, 15) is 9.59 Å². The molecule has 170 valence electrons. The number of nitrogens with zero attached hydrogens (tertiary/aromatic N) is 4. The highest BCUT2D eigenvalue weighted by molar-refractivity contribution is 5.95. The Kier molecular flexibility index (Phi) is 6.73. The predicted octanol–water partition coefficient (Wildman–Crippen LogP) is 3.85. The standard InChI is InChI=1S/C25H27N5O3/c1-28(22-10-12-26-13-11-22)21-8-6-19(7-9-21)24(31)29-14-16-30(17-15-29)25(32)27-20-4-3-5-23(18-20)33-2/h3-13,18H,14-17H2,1-2H3,(H,27,32). The van der Waals surface area contributed by atoms with Crippen LogP contribution in [-0.4, -0.2) is 67.1 Å². The number of hydrogen-bond acceptors (Lipinski definition) is 5. The van der Waals surface area contributed by atoms with Gasteiger partial charge in [0.2, 0.25) is 0 Å². The Hall–Kier alpha value is -4.07. The molecule has 0 unspecified atom stereocenters. The molecule has 33 heavy (non-hydrogen) atoms. The molecule has 0 saturated carbocycles. The van der Waals surface area contributed by atoms with Crippen LogP contribution in [0.2, 0.25) is 0 Å². The summed E-state index contributed by atoms with van der Waals surface area (Å²) in [7, 11) is 3.56. The number of aromatic nitrogens is 1. The third-order valence-electron chi connectivity index (χ3n) is 5.73. The molecule has 2 heterocycles. The Morgan fingerprint density at radius 3 is 2.21 bits per heavy atom. The van der Waals surface area contributed by atoms with Crippen LogP contribution >= 0.6 is 0 Å². The first-order valence-electron chi connectivity index (χ1n) is 10.8. The molecule has 1 fully saturated rings. The predicted molar refractivity (Wildman–Crippen MR) is 128 cm³/mol. The maximum atomic E-state index is 13.0. The van der Waals surface area contributed by atoms with E-state index in [2.05, 4.69) is 10.3 Å². The van der Waals surface area contributed by atoms with Crippen LogP contribution in [0.1, 0.15) is 10.4 Å². The number of benzene rings is 2. The van der Waals surface area contributed by atoms with Crippen molar-refractivity contribution >= 4 is 29.0 Å². The second-order valence-electron chi connectivity index (χ2n) is 7.75. The molecule has 1 N–H and O–H groups in total. The van der Waals surface area contributed by atoms with Crippen molar-refractivity contribution in [2.45, 2.75) is 0 Å². The fourth-order valence-corrected chi connectivity index (χ4v) is 3.74. The van der Waals surface area contributed by atoms with Crippen LogP contribution in [0.4, 0.5) is 21.9 Å². The Morgan fingerprint density at radius 1 is 0.909 bits per heavy atom. The van der Waals surface area contributed by atoms with Crippen molar-refractivity contribution in [1.29, 1.82) is 0 Å². The molecule has 4 rings (SSSR count). The van der Waals surface area contributed by atoms with Gasteiger partial charge in [0, 0.05) is 74.3 Å². The van der Waals surface area contributed by atoms with Crippen molar-refractivity contribution in [2.75, 3.05) is 50.6 Å². The number of urea groups is 1. The van der Waals surface area contributed by atoms with Gasteiger partial charge in [-0.2, -0.15) is 0 Å². The summed E-state index contributed by atoms with van der Waals surface area (Å²) in [6.07, 6.45) is 3.50. The van der Waals surface area contributed by atoms with E-state index >= 15 is 0 Å². The molecular formula is C25H27N5O3. The van der Waals surface area contributed by atoms with Crippen LogP contribution in [0.25, 0.3) is 0 Å². The molecule has 2 aromatic carbocycles. The molecule has 0 aliphatic carbocycles. The molecule has 3 amide bonds. The van der Waals surface area contributed by atoms with E-state index in [0.717, 1.165) is 11.4 Å². The Bertz CT molecular complexity index is 1100. The van der Waals surface area contributed by atoms with Gasteiger partial charge in [-0.25, -0.2) is 4.79 Å². The van der Waals surface area contributed by atoms with Crippen LogP contribution in [0, 0.1) is 0 Å². The number of piperazine rings is 1. The third-order valence-corrected chi connectivity index (χ3v) is 5.73. The summed E-state index contributed by atoms with van der Waals surface area (Å²) in [5.41, 5.74) is 3.31. The van der Waals surface area contributed by atoms with Gasteiger partial charge >= 0.3 is 6.03 Å². The highest BCUT2D eigenvalue weighted by Gasteiger charge is 2.25. The van der Waals surface area contributed by atoms with Gasteiger partial charge in [0.1, 0.15) is 5.75 Å². The summed E-state index contributed by atoms with van der Waals surface area (Å²) in [6, 6.07) is 18.5. The van der Waals surface area contributed by atoms with Crippen molar-refractivity contribution in [3.8, 4) is 5.75 Å². The zero-order valence-corrected chi connectivity index (χ0v) is 18.8. The lowest BCUT2D eigenvalue weighted by Crippen LogP contribution is -2.51. The minimum absolute atomic E-state index is 0.0269. The first-order chi connectivity index (χ1) is 16.0. The molecule has 1 aromatic heterocycles. The van der Waals surface area contributed by atoms with Crippen molar-refractivity contribution in [3.05, 3.63) is 78.6 Å². The molecule has 0 spiro atoms. The number of ether oxygens (including phenoxy) is 1. The van der Waals surface area contributed by atoms with Gasteiger partial charge in [-0.05, 0) is 48.5 Å². The lowest BCUT2D eigenvalue weighted by Gasteiger charge is -2.34. The van der Waals surface area contributed by atoms with Gasteiger partial charge < -0.3 is 24.8 Å². The first kappa shape index (κ1) is 22.1. The Labute approximate surface area is 193 Å². The number of carbonyl (C=O) groups excluding carboxylic acids is 2. The van der Waals surface area contributed by atoms with Crippen molar-refractivity contribution < 1.29 is 14.3 Å². The van der Waals surface area contributed by atoms with Crippen molar-refractivity contribution in [1.82, 2.24) is 14.8 Å². The van der Waals surface area contributed by atoms with E-state index < -0.39 is 0 Å². The second-order valence-corrected chi connectivity index (χ2v) is 7.75. The van der Waals surface area contributed by atoms with Crippen molar-refractivity contribution in [2.24, 2.45) is 0 Å². The van der Waals surface area contributed by atoms with Gasteiger partial charge in [0.15, 0.2) is 0 Å². The van der Waals surface area contributed by atoms with E-state index in [1.807, 2.05) is 66.5 Å². The average molecular weight is 446 g/mol. The topological polar surface area (TPSA) is 78.0 Å². The van der Waals surface area contributed by atoms with Gasteiger partial charge in [-0.1, -0.05) is 6.07 Å². The lowest BCUT2D eigenvalue weighted by molar-refractivity contribution is 0.0671. The molecule has 8 heteroatoms.